The number of rotatable bonds is 7. The van der Waals surface area contributed by atoms with Crippen molar-refractivity contribution in [2.24, 2.45) is 0 Å². The minimum atomic E-state index is 0.609. The highest BCUT2D eigenvalue weighted by molar-refractivity contribution is 7.98. The molecule has 2 aromatic carbocycles. The Morgan fingerprint density at radius 3 is 2.62 bits per heavy atom. The maximum absolute atomic E-state index is 5.42. The van der Waals surface area contributed by atoms with E-state index in [0.717, 1.165) is 28.4 Å². The van der Waals surface area contributed by atoms with Crippen LogP contribution in [0.4, 0.5) is 5.69 Å². The third-order valence-corrected chi connectivity index (χ3v) is 4.03. The van der Waals surface area contributed by atoms with Crippen LogP contribution in [0.3, 0.4) is 0 Å². The molecule has 112 valence electrons. The van der Waals surface area contributed by atoms with E-state index >= 15 is 0 Å². The van der Waals surface area contributed by atoms with E-state index in [1.807, 2.05) is 12.1 Å². The van der Waals surface area contributed by atoms with Gasteiger partial charge in [0.05, 0.1) is 13.7 Å². The molecule has 0 saturated heterocycles. The molecule has 3 nitrogen and oxygen atoms in total. The number of para-hydroxylation sites is 1. The van der Waals surface area contributed by atoms with Crippen molar-refractivity contribution in [1.82, 2.24) is 0 Å². The van der Waals surface area contributed by atoms with Gasteiger partial charge < -0.3 is 14.8 Å². The van der Waals surface area contributed by atoms with Gasteiger partial charge in [-0.1, -0.05) is 24.3 Å². The summed E-state index contributed by atoms with van der Waals surface area (Å²) in [6, 6.07) is 14.5. The largest absolute Gasteiger partial charge is 0.496 e. The molecule has 2 rings (SSSR count). The molecular weight excluding hydrogens is 282 g/mol. The fourth-order valence-electron chi connectivity index (χ4n) is 2.16. The van der Waals surface area contributed by atoms with E-state index in [4.69, 9.17) is 9.47 Å². The molecule has 0 radical (unpaired) electrons. The van der Waals surface area contributed by atoms with E-state index in [1.54, 1.807) is 26.0 Å². The summed E-state index contributed by atoms with van der Waals surface area (Å²) in [5.74, 6) is 0.923. The number of hydrogen-bond donors (Lipinski definition) is 1. The Kier molecular flexibility index (Phi) is 5.96. The smallest absolute Gasteiger partial charge is 0.132 e. The highest BCUT2D eigenvalue weighted by Gasteiger charge is 2.05. The van der Waals surface area contributed by atoms with Gasteiger partial charge in [0.25, 0.3) is 0 Å². The highest BCUT2D eigenvalue weighted by Crippen LogP contribution is 2.28. The summed E-state index contributed by atoms with van der Waals surface area (Å²) in [4.78, 5) is 1.15. The van der Waals surface area contributed by atoms with Crippen LogP contribution in [0.15, 0.2) is 47.4 Å². The summed E-state index contributed by atoms with van der Waals surface area (Å²) in [5.41, 5.74) is 3.46. The first-order chi connectivity index (χ1) is 10.3. The van der Waals surface area contributed by atoms with Crippen molar-refractivity contribution in [1.29, 1.82) is 0 Å². The standard InChI is InChI=1S/C17H21NO2S/c1-19-12-14-6-4-5-7-15(14)18-11-13-8-9-17(21-3)16(10-13)20-2/h4-10,18H,11-12H2,1-3H3. The van der Waals surface area contributed by atoms with Gasteiger partial charge in [-0.05, 0) is 30.0 Å². The van der Waals surface area contributed by atoms with Crippen LogP contribution in [0.1, 0.15) is 11.1 Å². The number of anilines is 1. The first-order valence-corrected chi connectivity index (χ1v) is 8.02. The summed E-state index contributed by atoms with van der Waals surface area (Å²) in [5, 5.41) is 3.46. The van der Waals surface area contributed by atoms with Crippen LogP contribution in [-0.4, -0.2) is 20.5 Å². The van der Waals surface area contributed by atoms with Crippen molar-refractivity contribution in [2.75, 3.05) is 25.8 Å². The summed E-state index contributed by atoms with van der Waals surface area (Å²) in [6.07, 6.45) is 2.05. The third-order valence-electron chi connectivity index (χ3n) is 3.25. The lowest BCUT2D eigenvalue weighted by molar-refractivity contribution is 0.185. The fraction of sp³-hybridized carbons (Fsp3) is 0.294. The van der Waals surface area contributed by atoms with Gasteiger partial charge in [0.15, 0.2) is 0 Å². The van der Waals surface area contributed by atoms with Crippen molar-refractivity contribution in [3.05, 3.63) is 53.6 Å². The van der Waals surface area contributed by atoms with Gasteiger partial charge in [0, 0.05) is 29.8 Å². The minimum absolute atomic E-state index is 0.609. The number of thioether (sulfide) groups is 1. The second-order valence-corrected chi connectivity index (χ2v) is 5.48. The number of ether oxygens (including phenoxy) is 2. The Morgan fingerprint density at radius 2 is 1.90 bits per heavy atom. The van der Waals surface area contributed by atoms with E-state index < -0.39 is 0 Å². The Bertz CT molecular complexity index is 587. The van der Waals surface area contributed by atoms with Gasteiger partial charge >= 0.3 is 0 Å². The Hall–Kier alpha value is -1.65. The van der Waals surface area contributed by atoms with Crippen molar-refractivity contribution in [3.63, 3.8) is 0 Å². The van der Waals surface area contributed by atoms with Gasteiger partial charge in [-0.15, -0.1) is 11.8 Å². The molecule has 0 bridgehead atoms. The van der Waals surface area contributed by atoms with Gasteiger partial charge in [-0.25, -0.2) is 0 Å². The van der Waals surface area contributed by atoms with Crippen molar-refractivity contribution in [3.8, 4) is 5.75 Å². The Balaban J connectivity index is 2.09. The second kappa shape index (κ2) is 7.96. The molecule has 0 aromatic heterocycles. The van der Waals surface area contributed by atoms with Gasteiger partial charge in [-0.2, -0.15) is 0 Å². The molecule has 0 aliphatic rings. The number of nitrogens with one attached hydrogen (secondary N) is 1. The van der Waals surface area contributed by atoms with E-state index in [-0.39, 0.29) is 0 Å². The van der Waals surface area contributed by atoms with Crippen LogP contribution in [0.5, 0.6) is 5.75 Å². The van der Waals surface area contributed by atoms with Gasteiger partial charge in [-0.3, -0.25) is 0 Å². The quantitative estimate of drug-likeness (QED) is 0.777. The molecular formula is C17H21NO2S. The first kappa shape index (κ1) is 15.7. The van der Waals surface area contributed by atoms with E-state index in [2.05, 4.69) is 41.9 Å². The third kappa shape index (κ3) is 4.16. The topological polar surface area (TPSA) is 30.5 Å². The average molecular weight is 303 g/mol. The zero-order chi connectivity index (χ0) is 15.1. The molecule has 21 heavy (non-hydrogen) atoms. The zero-order valence-corrected chi connectivity index (χ0v) is 13.5. The molecule has 0 saturated carbocycles. The van der Waals surface area contributed by atoms with Crippen LogP contribution in [0.25, 0.3) is 0 Å². The maximum atomic E-state index is 5.42. The first-order valence-electron chi connectivity index (χ1n) is 6.80. The molecule has 0 amide bonds. The molecule has 0 unspecified atom stereocenters. The van der Waals surface area contributed by atoms with Crippen molar-refractivity contribution < 1.29 is 9.47 Å². The van der Waals surface area contributed by atoms with E-state index in [9.17, 15) is 0 Å². The number of methoxy groups -OCH3 is 2. The SMILES string of the molecule is COCc1ccccc1NCc1ccc(SC)c(OC)c1. The summed E-state index contributed by atoms with van der Waals surface area (Å²) < 4.78 is 10.6. The van der Waals surface area contributed by atoms with Crippen LogP contribution >= 0.6 is 11.8 Å². The summed E-state index contributed by atoms with van der Waals surface area (Å²) in [6.45, 7) is 1.36. The predicted octanol–water partition coefficient (Wildman–Crippen LogP) is 4.18. The maximum Gasteiger partial charge on any atom is 0.132 e. The highest BCUT2D eigenvalue weighted by atomic mass is 32.2. The predicted molar refractivity (Wildman–Crippen MR) is 89.3 cm³/mol. The number of benzene rings is 2. The molecule has 0 aliphatic carbocycles. The zero-order valence-electron chi connectivity index (χ0n) is 12.7. The normalized spacial score (nSPS) is 10.4. The lowest BCUT2D eigenvalue weighted by Crippen LogP contribution is -2.03. The Morgan fingerprint density at radius 1 is 1.10 bits per heavy atom. The van der Waals surface area contributed by atoms with E-state index in [1.165, 1.54) is 5.56 Å². The van der Waals surface area contributed by atoms with Crippen LogP contribution in [0, 0.1) is 0 Å². The van der Waals surface area contributed by atoms with Crippen LogP contribution < -0.4 is 10.1 Å². The monoisotopic (exact) mass is 303 g/mol. The fourth-order valence-corrected chi connectivity index (χ4v) is 2.71. The lowest BCUT2D eigenvalue weighted by Gasteiger charge is -2.13. The van der Waals surface area contributed by atoms with Crippen molar-refractivity contribution in [2.45, 2.75) is 18.0 Å². The summed E-state index contributed by atoms with van der Waals surface area (Å²) >= 11 is 1.69. The average Bonchev–Trinajstić information content (AvgIpc) is 2.54. The lowest BCUT2D eigenvalue weighted by atomic mass is 10.1. The second-order valence-electron chi connectivity index (χ2n) is 4.63. The van der Waals surface area contributed by atoms with Gasteiger partial charge in [0.1, 0.15) is 5.75 Å². The molecule has 0 heterocycles. The molecule has 0 spiro atoms. The Labute approximate surface area is 130 Å². The molecule has 0 atom stereocenters. The molecule has 0 aliphatic heterocycles. The summed E-state index contributed by atoms with van der Waals surface area (Å²) in [7, 11) is 3.42. The molecule has 4 heteroatoms. The number of hydrogen-bond acceptors (Lipinski definition) is 4. The molecule has 2 aromatic rings. The van der Waals surface area contributed by atoms with E-state index in [0.29, 0.717) is 6.61 Å². The van der Waals surface area contributed by atoms with Crippen LogP contribution in [-0.2, 0) is 17.9 Å². The molecule has 1 N–H and O–H groups in total. The van der Waals surface area contributed by atoms with Crippen molar-refractivity contribution >= 4 is 17.4 Å². The minimum Gasteiger partial charge on any atom is -0.496 e. The van der Waals surface area contributed by atoms with Gasteiger partial charge in [0.2, 0.25) is 0 Å². The molecule has 0 fully saturated rings. The van der Waals surface area contributed by atoms with Crippen LogP contribution in [0.2, 0.25) is 0 Å².